The minimum Gasteiger partial charge on any atom is -0.493 e. The van der Waals surface area contributed by atoms with Crippen LogP contribution in [0.1, 0.15) is 20.7 Å². The highest BCUT2D eigenvalue weighted by atomic mass is 16.3. The van der Waals surface area contributed by atoms with E-state index in [-0.39, 0.29) is 5.88 Å². The third-order valence-corrected chi connectivity index (χ3v) is 3.64. The predicted molar refractivity (Wildman–Crippen MR) is 76.9 cm³/mol. The van der Waals surface area contributed by atoms with Gasteiger partial charge in [-0.2, -0.15) is 5.01 Å². The molecule has 0 saturated carbocycles. The molecule has 0 radical (unpaired) electrons. The fourth-order valence-electron chi connectivity index (χ4n) is 2.69. The van der Waals surface area contributed by atoms with E-state index < -0.39 is 11.8 Å². The molecule has 102 valence electrons. The SMILES string of the molecule is O=C1c2ccccc2C(=O)N1n1c(O)cc2ccccc21. The zero-order valence-electron chi connectivity index (χ0n) is 10.9. The highest BCUT2D eigenvalue weighted by molar-refractivity contribution is 6.31. The van der Waals surface area contributed by atoms with Crippen molar-refractivity contribution in [2.45, 2.75) is 0 Å². The Labute approximate surface area is 119 Å². The molecule has 1 N–H and O–H groups in total. The smallest absolute Gasteiger partial charge is 0.281 e. The van der Waals surface area contributed by atoms with Gasteiger partial charge < -0.3 is 5.11 Å². The molecule has 21 heavy (non-hydrogen) atoms. The zero-order valence-corrected chi connectivity index (χ0v) is 10.9. The van der Waals surface area contributed by atoms with Crippen LogP contribution in [-0.2, 0) is 0 Å². The summed E-state index contributed by atoms with van der Waals surface area (Å²) in [7, 11) is 0. The van der Waals surface area contributed by atoms with Crippen LogP contribution in [0, 0.1) is 0 Å². The van der Waals surface area contributed by atoms with Gasteiger partial charge in [-0.1, -0.05) is 30.3 Å². The molecule has 3 aromatic rings. The maximum atomic E-state index is 12.5. The summed E-state index contributed by atoms with van der Waals surface area (Å²) in [4.78, 5) is 24.9. The molecule has 0 aliphatic carbocycles. The third-order valence-electron chi connectivity index (χ3n) is 3.64. The quantitative estimate of drug-likeness (QED) is 0.695. The lowest BCUT2D eigenvalue weighted by Crippen LogP contribution is -2.39. The lowest BCUT2D eigenvalue weighted by Gasteiger charge is -2.17. The molecule has 0 saturated heterocycles. The maximum absolute atomic E-state index is 12.5. The van der Waals surface area contributed by atoms with Crippen LogP contribution < -0.4 is 5.01 Å². The first-order valence-electron chi connectivity index (χ1n) is 6.46. The van der Waals surface area contributed by atoms with Crippen molar-refractivity contribution in [2.75, 3.05) is 5.01 Å². The molecule has 0 bridgehead atoms. The Bertz CT molecular complexity index is 876. The summed E-state index contributed by atoms with van der Waals surface area (Å²) in [5, 5.41) is 11.9. The van der Waals surface area contributed by atoms with Crippen LogP contribution in [0.15, 0.2) is 54.6 Å². The van der Waals surface area contributed by atoms with Crippen molar-refractivity contribution >= 4 is 22.7 Å². The van der Waals surface area contributed by atoms with Crippen molar-refractivity contribution in [3.63, 3.8) is 0 Å². The van der Waals surface area contributed by atoms with Crippen LogP contribution >= 0.6 is 0 Å². The van der Waals surface area contributed by atoms with E-state index in [0.717, 1.165) is 10.4 Å². The normalized spacial score (nSPS) is 14.0. The summed E-state index contributed by atoms with van der Waals surface area (Å²) in [6.45, 7) is 0. The number of carbonyl (C=O) groups excluding carboxylic acids is 2. The maximum Gasteiger partial charge on any atom is 0.281 e. The number of amides is 2. The summed E-state index contributed by atoms with van der Waals surface area (Å²) in [6, 6.07) is 15.3. The molecule has 1 aromatic heterocycles. The van der Waals surface area contributed by atoms with Crippen molar-refractivity contribution in [3.8, 4) is 5.88 Å². The van der Waals surface area contributed by atoms with E-state index in [1.54, 1.807) is 36.4 Å². The Hall–Kier alpha value is -3.08. The summed E-state index contributed by atoms with van der Waals surface area (Å²) >= 11 is 0. The van der Waals surface area contributed by atoms with Gasteiger partial charge in [-0.05, 0) is 18.2 Å². The molecule has 0 unspecified atom stereocenters. The van der Waals surface area contributed by atoms with E-state index in [1.807, 2.05) is 12.1 Å². The number of benzene rings is 2. The number of nitrogens with zero attached hydrogens (tertiary/aromatic N) is 2. The van der Waals surface area contributed by atoms with Crippen LogP contribution in [0.5, 0.6) is 5.88 Å². The molecule has 0 fully saturated rings. The zero-order chi connectivity index (χ0) is 14.6. The number of para-hydroxylation sites is 1. The molecule has 1 aliphatic heterocycles. The van der Waals surface area contributed by atoms with Crippen LogP contribution in [0.25, 0.3) is 10.9 Å². The average Bonchev–Trinajstić information content (AvgIpc) is 2.95. The third kappa shape index (κ3) is 1.45. The Morgan fingerprint density at radius 3 is 2.05 bits per heavy atom. The first kappa shape index (κ1) is 11.7. The van der Waals surface area contributed by atoms with Crippen molar-refractivity contribution in [1.82, 2.24) is 4.68 Å². The topological polar surface area (TPSA) is 62.5 Å². The van der Waals surface area contributed by atoms with Crippen LogP contribution in [0.2, 0.25) is 0 Å². The molecule has 2 amide bonds. The van der Waals surface area contributed by atoms with Gasteiger partial charge in [0.15, 0.2) is 0 Å². The van der Waals surface area contributed by atoms with Gasteiger partial charge in [-0.25, -0.2) is 4.68 Å². The fourth-order valence-corrected chi connectivity index (χ4v) is 2.69. The predicted octanol–water partition coefficient (Wildman–Crippen LogP) is 2.28. The summed E-state index contributed by atoms with van der Waals surface area (Å²) < 4.78 is 1.25. The number of rotatable bonds is 1. The molecule has 5 heteroatoms. The van der Waals surface area contributed by atoms with Gasteiger partial charge in [-0.3, -0.25) is 9.59 Å². The molecule has 2 heterocycles. The van der Waals surface area contributed by atoms with E-state index in [0.29, 0.717) is 16.6 Å². The number of aromatic hydroxyl groups is 1. The summed E-state index contributed by atoms with van der Waals surface area (Å²) in [5.74, 6) is -1.02. The van der Waals surface area contributed by atoms with Gasteiger partial charge >= 0.3 is 0 Å². The van der Waals surface area contributed by atoms with Gasteiger partial charge in [-0.15, -0.1) is 0 Å². The number of fused-ring (bicyclic) bond motifs is 2. The minimum absolute atomic E-state index is 0.147. The van der Waals surface area contributed by atoms with E-state index in [9.17, 15) is 14.7 Å². The molecule has 5 nitrogen and oxygen atoms in total. The minimum atomic E-state index is -0.438. The summed E-state index contributed by atoms with van der Waals surface area (Å²) in [6.07, 6.45) is 0. The largest absolute Gasteiger partial charge is 0.493 e. The number of imide groups is 1. The summed E-state index contributed by atoms with van der Waals surface area (Å²) in [5.41, 5.74) is 1.30. The van der Waals surface area contributed by atoms with E-state index in [1.165, 1.54) is 10.7 Å². The molecule has 2 aromatic carbocycles. The van der Waals surface area contributed by atoms with E-state index in [4.69, 9.17) is 0 Å². The van der Waals surface area contributed by atoms with Crippen molar-refractivity contribution in [2.24, 2.45) is 0 Å². The highest BCUT2D eigenvalue weighted by Crippen LogP contribution is 2.29. The second-order valence-electron chi connectivity index (χ2n) is 4.84. The number of aromatic nitrogens is 1. The highest BCUT2D eigenvalue weighted by Gasteiger charge is 2.38. The second-order valence-corrected chi connectivity index (χ2v) is 4.84. The number of carbonyl (C=O) groups is 2. The van der Waals surface area contributed by atoms with Crippen molar-refractivity contribution in [1.29, 1.82) is 0 Å². The Morgan fingerprint density at radius 1 is 0.810 bits per heavy atom. The van der Waals surface area contributed by atoms with Crippen molar-refractivity contribution < 1.29 is 14.7 Å². The van der Waals surface area contributed by atoms with Crippen molar-refractivity contribution in [3.05, 3.63) is 65.7 Å². The molecule has 1 aliphatic rings. The monoisotopic (exact) mass is 278 g/mol. The van der Waals surface area contributed by atoms with Crippen LogP contribution in [0.4, 0.5) is 0 Å². The molecule has 0 atom stereocenters. The lowest BCUT2D eigenvalue weighted by atomic mass is 10.1. The number of hydrogen-bond acceptors (Lipinski definition) is 3. The lowest BCUT2D eigenvalue weighted by molar-refractivity contribution is 0.0883. The van der Waals surface area contributed by atoms with Gasteiger partial charge in [0.1, 0.15) is 0 Å². The Morgan fingerprint density at radius 2 is 1.38 bits per heavy atom. The molecular weight excluding hydrogens is 268 g/mol. The van der Waals surface area contributed by atoms with Crippen LogP contribution in [0.3, 0.4) is 0 Å². The first-order valence-corrected chi connectivity index (χ1v) is 6.46. The first-order chi connectivity index (χ1) is 10.2. The average molecular weight is 278 g/mol. The number of hydrogen-bond donors (Lipinski definition) is 1. The second kappa shape index (κ2) is 3.96. The molecule has 4 rings (SSSR count). The van der Waals surface area contributed by atoms with Gasteiger partial charge in [0.05, 0.1) is 16.6 Å². The molecule has 0 spiro atoms. The van der Waals surface area contributed by atoms with Gasteiger partial charge in [0.25, 0.3) is 11.8 Å². The van der Waals surface area contributed by atoms with E-state index >= 15 is 0 Å². The molecular formula is C16H10N2O3. The standard InChI is InChI=1S/C16H10N2O3/c19-14-9-10-5-1-4-8-13(10)17(14)18-15(20)11-6-2-3-7-12(11)16(18)21/h1-9,19H. The Kier molecular flexibility index (Phi) is 2.21. The van der Waals surface area contributed by atoms with Gasteiger partial charge in [0.2, 0.25) is 5.88 Å². The Balaban J connectivity index is 1.97. The van der Waals surface area contributed by atoms with Gasteiger partial charge in [0, 0.05) is 11.5 Å². The van der Waals surface area contributed by atoms with E-state index in [2.05, 4.69) is 0 Å². The fraction of sp³-hybridized carbons (Fsp3) is 0. The van der Waals surface area contributed by atoms with Crippen LogP contribution in [-0.4, -0.2) is 21.6 Å².